The van der Waals surface area contributed by atoms with Crippen molar-refractivity contribution in [1.82, 2.24) is 10.2 Å². The SMILES string of the molecule is COc1cc(CNC(=O)c2ccc3c(c2)Cc2cccc(c2)CN(CC(C)C)CCOCCO3)cc2c1OCO2. The first kappa shape index (κ1) is 27.8. The molecule has 0 spiro atoms. The van der Waals surface area contributed by atoms with E-state index in [0.717, 1.165) is 36.5 Å². The molecular formula is C32H38N2O6. The van der Waals surface area contributed by atoms with E-state index < -0.39 is 0 Å². The van der Waals surface area contributed by atoms with Crippen molar-refractivity contribution in [2.45, 2.75) is 33.4 Å². The summed E-state index contributed by atoms with van der Waals surface area (Å²) in [6.07, 6.45) is 0.661. The molecule has 0 fully saturated rings. The predicted molar refractivity (Wildman–Crippen MR) is 152 cm³/mol. The second kappa shape index (κ2) is 13.1. The molecule has 5 rings (SSSR count). The third-order valence-corrected chi connectivity index (χ3v) is 6.95. The maximum absolute atomic E-state index is 13.2. The van der Waals surface area contributed by atoms with Crippen LogP contribution < -0.4 is 24.3 Å². The van der Waals surface area contributed by atoms with Crippen LogP contribution in [0.1, 0.15) is 46.5 Å². The zero-order valence-corrected chi connectivity index (χ0v) is 23.5. The van der Waals surface area contributed by atoms with E-state index in [-0.39, 0.29) is 12.7 Å². The Morgan fingerprint density at radius 2 is 1.85 bits per heavy atom. The molecule has 0 unspecified atom stereocenters. The van der Waals surface area contributed by atoms with Crippen molar-refractivity contribution in [3.63, 3.8) is 0 Å². The maximum Gasteiger partial charge on any atom is 0.251 e. The van der Waals surface area contributed by atoms with Crippen LogP contribution in [0.3, 0.4) is 0 Å². The lowest BCUT2D eigenvalue weighted by molar-refractivity contribution is 0.0746. The summed E-state index contributed by atoms with van der Waals surface area (Å²) in [5.74, 6) is 2.97. The molecule has 2 heterocycles. The summed E-state index contributed by atoms with van der Waals surface area (Å²) in [5.41, 5.74) is 4.85. The Morgan fingerprint density at radius 3 is 2.70 bits per heavy atom. The number of rotatable bonds is 6. The third kappa shape index (κ3) is 7.06. The van der Waals surface area contributed by atoms with E-state index in [4.69, 9.17) is 23.7 Å². The highest BCUT2D eigenvalue weighted by Gasteiger charge is 2.20. The highest BCUT2D eigenvalue weighted by Crippen LogP contribution is 2.41. The molecule has 1 amide bonds. The summed E-state index contributed by atoms with van der Waals surface area (Å²) in [7, 11) is 1.58. The minimum absolute atomic E-state index is 0.157. The Hall–Kier alpha value is -3.75. The third-order valence-electron chi connectivity index (χ3n) is 6.95. The topological polar surface area (TPSA) is 78.5 Å². The summed E-state index contributed by atoms with van der Waals surface area (Å²) in [6.45, 7) is 9.38. The van der Waals surface area contributed by atoms with Gasteiger partial charge >= 0.3 is 0 Å². The van der Waals surface area contributed by atoms with Gasteiger partial charge in [0.2, 0.25) is 12.5 Å². The first-order valence-electron chi connectivity index (χ1n) is 13.9. The molecular weight excluding hydrogens is 508 g/mol. The number of fused-ring (bicyclic) bond motifs is 4. The zero-order valence-electron chi connectivity index (χ0n) is 23.5. The van der Waals surface area contributed by atoms with Crippen molar-refractivity contribution < 1.29 is 28.5 Å². The molecule has 0 aliphatic carbocycles. The van der Waals surface area contributed by atoms with E-state index in [2.05, 4.69) is 48.3 Å². The number of hydrogen-bond donors (Lipinski definition) is 1. The number of ether oxygens (including phenoxy) is 5. The number of carbonyl (C=O) groups excluding carboxylic acids is 1. The summed E-state index contributed by atoms with van der Waals surface area (Å²) >= 11 is 0. The van der Waals surface area contributed by atoms with Gasteiger partial charge < -0.3 is 29.0 Å². The average molecular weight is 547 g/mol. The highest BCUT2D eigenvalue weighted by molar-refractivity contribution is 5.94. The fourth-order valence-corrected chi connectivity index (χ4v) is 5.14. The number of nitrogens with zero attached hydrogens (tertiary/aromatic N) is 1. The van der Waals surface area contributed by atoms with Crippen LogP contribution in [0.15, 0.2) is 54.6 Å². The fraction of sp³-hybridized carbons (Fsp3) is 0.406. The molecule has 3 aromatic carbocycles. The monoisotopic (exact) mass is 546 g/mol. The van der Waals surface area contributed by atoms with Gasteiger partial charge in [-0.05, 0) is 58.5 Å². The molecule has 0 saturated heterocycles. The van der Waals surface area contributed by atoms with Crippen molar-refractivity contribution in [2.24, 2.45) is 5.92 Å². The second-order valence-corrected chi connectivity index (χ2v) is 10.6. The summed E-state index contributed by atoms with van der Waals surface area (Å²) in [6, 6.07) is 18.0. The average Bonchev–Trinajstić information content (AvgIpc) is 3.42. The van der Waals surface area contributed by atoms with Crippen LogP contribution >= 0.6 is 0 Å². The van der Waals surface area contributed by atoms with Gasteiger partial charge in [0, 0.05) is 38.2 Å². The summed E-state index contributed by atoms with van der Waals surface area (Å²) < 4.78 is 28.4. The standard InChI is InChI=1S/C32H38N2O6/c1-22(2)19-34-9-10-37-11-12-38-28-8-7-26(17-27(28)14-23-5-4-6-24(13-23)20-34)32(35)33-18-25-15-29(36-3)31-30(16-25)39-21-40-31/h4-8,13,15-17,22H,9-12,14,18-21H2,1-3H3,(H,33,35). The van der Waals surface area contributed by atoms with Crippen LogP contribution in [0.4, 0.5) is 0 Å². The van der Waals surface area contributed by atoms with Gasteiger partial charge in [-0.3, -0.25) is 9.69 Å². The number of carbonyl (C=O) groups is 1. The molecule has 2 aliphatic rings. The van der Waals surface area contributed by atoms with E-state index in [1.54, 1.807) is 13.2 Å². The van der Waals surface area contributed by atoms with Gasteiger partial charge in [0.1, 0.15) is 12.4 Å². The summed E-state index contributed by atoms with van der Waals surface area (Å²) in [5, 5.41) is 3.02. The Labute approximate surface area is 236 Å². The molecule has 8 nitrogen and oxygen atoms in total. The van der Waals surface area contributed by atoms with Crippen LogP contribution in [-0.4, -0.2) is 57.6 Å². The number of hydrogen-bond acceptors (Lipinski definition) is 7. The Bertz CT molecular complexity index is 1320. The summed E-state index contributed by atoms with van der Waals surface area (Å²) in [4.78, 5) is 15.6. The maximum atomic E-state index is 13.2. The van der Waals surface area contributed by atoms with Gasteiger partial charge in [0.05, 0.1) is 20.3 Å². The zero-order chi connectivity index (χ0) is 27.9. The molecule has 212 valence electrons. The fourth-order valence-electron chi connectivity index (χ4n) is 5.14. The van der Waals surface area contributed by atoms with Gasteiger partial charge in [-0.25, -0.2) is 0 Å². The molecule has 2 aliphatic heterocycles. The lowest BCUT2D eigenvalue weighted by atomic mass is 9.99. The first-order valence-corrected chi connectivity index (χ1v) is 13.9. The number of methoxy groups -OCH3 is 1. The van der Waals surface area contributed by atoms with Crippen molar-refractivity contribution in [3.05, 3.63) is 82.4 Å². The lowest BCUT2D eigenvalue weighted by Crippen LogP contribution is -2.31. The highest BCUT2D eigenvalue weighted by atomic mass is 16.7. The molecule has 8 heteroatoms. The van der Waals surface area contributed by atoms with Crippen molar-refractivity contribution in [3.8, 4) is 23.0 Å². The Morgan fingerprint density at radius 1 is 0.975 bits per heavy atom. The Balaban J connectivity index is 1.33. The minimum Gasteiger partial charge on any atom is -0.493 e. The van der Waals surface area contributed by atoms with Crippen LogP contribution in [0.5, 0.6) is 23.0 Å². The van der Waals surface area contributed by atoms with Gasteiger partial charge in [0.15, 0.2) is 11.5 Å². The van der Waals surface area contributed by atoms with Crippen LogP contribution in [0.25, 0.3) is 0 Å². The van der Waals surface area contributed by atoms with Crippen molar-refractivity contribution >= 4 is 5.91 Å². The van der Waals surface area contributed by atoms with E-state index >= 15 is 0 Å². The molecule has 2 bridgehead atoms. The number of nitrogens with one attached hydrogen (secondary N) is 1. The van der Waals surface area contributed by atoms with Crippen LogP contribution in [-0.2, 0) is 24.2 Å². The molecule has 3 aromatic rings. The van der Waals surface area contributed by atoms with Gasteiger partial charge in [0.25, 0.3) is 5.91 Å². The Kier molecular flexibility index (Phi) is 9.08. The second-order valence-electron chi connectivity index (χ2n) is 10.6. The van der Waals surface area contributed by atoms with E-state index in [9.17, 15) is 4.79 Å². The number of benzene rings is 3. The van der Waals surface area contributed by atoms with E-state index in [1.807, 2.05) is 24.3 Å². The predicted octanol–water partition coefficient (Wildman–Crippen LogP) is 4.81. The molecule has 0 radical (unpaired) electrons. The minimum atomic E-state index is -0.166. The largest absolute Gasteiger partial charge is 0.493 e. The van der Waals surface area contributed by atoms with Crippen LogP contribution in [0, 0.1) is 5.92 Å². The van der Waals surface area contributed by atoms with Gasteiger partial charge in [-0.2, -0.15) is 0 Å². The lowest BCUT2D eigenvalue weighted by Gasteiger charge is -2.25. The van der Waals surface area contributed by atoms with Gasteiger partial charge in [-0.1, -0.05) is 38.1 Å². The number of amides is 1. The van der Waals surface area contributed by atoms with Crippen molar-refractivity contribution in [1.29, 1.82) is 0 Å². The molecule has 0 aromatic heterocycles. The van der Waals surface area contributed by atoms with E-state index in [0.29, 0.717) is 61.5 Å². The van der Waals surface area contributed by atoms with Crippen molar-refractivity contribution in [2.75, 3.05) is 46.8 Å². The first-order chi connectivity index (χ1) is 19.5. The van der Waals surface area contributed by atoms with E-state index in [1.165, 1.54) is 11.1 Å². The molecule has 0 saturated carbocycles. The smallest absolute Gasteiger partial charge is 0.251 e. The quantitative estimate of drug-likeness (QED) is 0.475. The normalized spacial score (nSPS) is 15.6. The van der Waals surface area contributed by atoms with Gasteiger partial charge in [-0.15, -0.1) is 0 Å². The molecule has 1 N–H and O–H groups in total. The molecule has 40 heavy (non-hydrogen) atoms. The van der Waals surface area contributed by atoms with Crippen LogP contribution in [0.2, 0.25) is 0 Å². The molecule has 0 atom stereocenters.